The van der Waals surface area contributed by atoms with E-state index in [0.717, 1.165) is 73.3 Å². The summed E-state index contributed by atoms with van der Waals surface area (Å²) in [5.74, 6) is 2.40. The maximum atomic E-state index is 12.8. The standard InChI is InChI=1S/C29H40O4/c1-5-9-19-32-28-22-29(33-20-10-6-2)25(21-24(28)11-7-3)14-17-27(30)23-12-15-26(16-13-23)31-18-8-4/h12-17,21-22H,5-11,18-20H2,1-4H3/b17-14+. The Morgan fingerprint density at radius 2 is 1.42 bits per heavy atom. The van der Waals surface area contributed by atoms with Gasteiger partial charge in [-0.25, -0.2) is 0 Å². The molecule has 2 aromatic carbocycles. The zero-order chi connectivity index (χ0) is 23.9. The molecule has 0 N–H and O–H groups in total. The first-order chi connectivity index (χ1) is 16.1. The van der Waals surface area contributed by atoms with Crippen molar-refractivity contribution in [3.05, 3.63) is 59.2 Å². The molecular weight excluding hydrogens is 412 g/mol. The van der Waals surface area contributed by atoms with Gasteiger partial charge in [0.25, 0.3) is 0 Å². The molecule has 33 heavy (non-hydrogen) atoms. The second kappa shape index (κ2) is 15.2. The molecule has 0 heterocycles. The van der Waals surface area contributed by atoms with Crippen LogP contribution in [-0.4, -0.2) is 25.6 Å². The molecule has 0 saturated heterocycles. The third-order valence-electron chi connectivity index (χ3n) is 5.25. The van der Waals surface area contributed by atoms with Crippen molar-refractivity contribution in [2.45, 2.75) is 72.6 Å². The van der Waals surface area contributed by atoms with Crippen molar-refractivity contribution in [2.75, 3.05) is 19.8 Å². The number of ether oxygens (including phenoxy) is 3. The molecule has 0 unspecified atom stereocenters. The fraction of sp³-hybridized carbons (Fsp3) is 0.483. The first-order valence-corrected chi connectivity index (χ1v) is 12.5. The largest absolute Gasteiger partial charge is 0.494 e. The Kier molecular flexibility index (Phi) is 12.2. The lowest BCUT2D eigenvalue weighted by Gasteiger charge is -2.16. The summed E-state index contributed by atoms with van der Waals surface area (Å²) in [6.45, 7) is 10.6. The van der Waals surface area contributed by atoms with E-state index in [1.54, 1.807) is 6.08 Å². The van der Waals surface area contributed by atoms with Crippen LogP contribution in [0.4, 0.5) is 0 Å². The molecule has 0 aromatic heterocycles. The molecule has 0 amide bonds. The van der Waals surface area contributed by atoms with E-state index in [2.05, 4.69) is 33.8 Å². The highest BCUT2D eigenvalue weighted by molar-refractivity contribution is 6.07. The highest BCUT2D eigenvalue weighted by Crippen LogP contribution is 2.32. The summed E-state index contributed by atoms with van der Waals surface area (Å²) in [5.41, 5.74) is 2.70. The zero-order valence-electron chi connectivity index (χ0n) is 20.8. The lowest BCUT2D eigenvalue weighted by Crippen LogP contribution is -2.04. The van der Waals surface area contributed by atoms with E-state index < -0.39 is 0 Å². The van der Waals surface area contributed by atoms with Crippen LogP contribution < -0.4 is 14.2 Å². The van der Waals surface area contributed by atoms with Crippen LogP contribution in [-0.2, 0) is 6.42 Å². The Balaban J connectivity index is 2.25. The molecule has 2 rings (SSSR count). The van der Waals surface area contributed by atoms with Gasteiger partial charge in [0.15, 0.2) is 5.78 Å². The molecule has 0 aliphatic carbocycles. The van der Waals surface area contributed by atoms with Crippen molar-refractivity contribution in [1.82, 2.24) is 0 Å². The van der Waals surface area contributed by atoms with E-state index in [1.807, 2.05) is 36.4 Å². The molecule has 4 heteroatoms. The minimum Gasteiger partial charge on any atom is -0.494 e. The minimum atomic E-state index is -0.0446. The van der Waals surface area contributed by atoms with Crippen LogP contribution in [0.25, 0.3) is 6.08 Å². The summed E-state index contributed by atoms with van der Waals surface area (Å²) in [6.07, 6.45) is 10.5. The predicted molar refractivity (Wildman–Crippen MR) is 137 cm³/mol. The minimum absolute atomic E-state index is 0.0446. The normalized spacial score (nSPS) is 11.0. The van der Waals surface area contributed by atoms with Crippen molar-refractivity contribution in [1.29, 1.82) is 0 Å². The van der Waals surface area contributed by atoms with Crippen LogP contribution in [0.5, 0.6) is 17.2 Å². The number of carbonyl (C=O) groups excluding carboxylic acids is 1. The molecule has 0 aliphatic rings. The van der Waals surface area contributed by atoms with Gasteiger partial charge in [0.05, 0.1) is 19.8 Å². The molecule has 0 atom stereocenters. The number of hydrogen-bond acceptors (Lipinski definition) is 4. The van der Waals surface area contributed by atoms with Crippen LogP contribution in [0.1, 0.15) is 87.7 Å². The van der Waals surface area contributed by atoms with Crippen LogP contribution >= 0.6 is 0 Å². The topological polar surface area (TPSA) is 44.8 Å². The lowest BCUT2D eigenvalue weighted by molar-refractivity contribution is 0.104. The van der Waals surface area contributed by atoms with Gasteiger partial charge in [-0.15, -0.1) is 0 Å². The summed E-state index contributed by atoms with van der Waals surface area (Å²) >= 11 is 0. The zero-order valence-corrected chi connectivity index (χ0v) is 20.8. The maximum Gasteiger partial charge on any atom is 0.185 e. The van der Waals surface area contributed by atoms with Gasteiger partial charge >= 0.3 is 0 Å². The van der Waals surface area contributed by atoms with Crippen molar-refractivity contribution < 1.29 is 19.0 Å². The van der Waals surface area contributed by atoms with Crippen molar-refractivity contribution >= 4 is 11.9 Å². The van der Waals surface area contributed by atoms with E-state index in [-0.39, 0.29) is 5.78 Å². The van der Waals surface area contributed by atoms with Crippen LogP contribution in [0, 0.1) is 0 Å². The van der Waals surface area contributed by atoms with E-state index in [0.29, 0.717) is 25.4 Å². The summed E-state index contributed by atoms with van der Waals surface area (Å²) in [7, 11) is 0. The van der Waals surface area contributed by atoms with Gasteiger partial charge in [-0.3, -0.25) is 4.79 Å². The predicted octanol–water partition coefficient (Wildman–Crippen LogP) is 7.68. The van der Waals surface area contributed by atoms with Gasteiger partial charge in [-0.05, 0) is 73.7 Å². The highest BCUT2D eigenvalue weighted by atomic mass is 16.5. The molecule has 0 bridgehead atoms. The smallest absolute Gasteiger partial charge is 0.185 e. The van der Waals surface area contributed by atoms with Crippen molar-refractivity contribution in [3.63, 3.8) is 0 Å². The Hall–Kier alpha value is -2.75. The molecule has 0 spiro atoms. The van der Waals surface area contributed by atoms with Gasteiger partial charge in [0, 0.05) is 17.2 Å². The summed E-state index contributed by atoms with van der Waals surface area (Å²) in [4.78, 5) is 12.8. The Labute approximate surface area is 200 Å². The second-order valence-electron chi connectivity index (χ2n) is 8.22. The monoisotopic (exact) mass is 452 g/mol. The number of allylic oxidation sites excluding steroid dienone is 1. The molecule has 0 radical (unpaired) electrons. The van der Waals surface area contributed by atoms with Gasteiger partial charge in [-0.2, -0.15) is 0 Å². The Morgan fingerprint density at radius 3 is 2.03 bits per heavy atom. The van der Waals surface area contributed by atoms with Gasteiger partial charge in [0.1, 0.15) is 17.2 Å². The summed E-state index contributed by atoms with van der Waals surface area (Å²) < 4.78 is 17.8. The molecule has 0 fully saturated rings. The first-order valence-electron chi connectivity index (χ1n) is 12.5. The molecule has 0 saturated carbocycles. The quantitative estimate of drug-likeness (QED) is 0.149. The molecular formula is C29H40O4. The average molecular weight is 453 g/mol. The van der Waals surface area contributed by atoms with Crippen LogP contribution in [0.2, 0.25) is 0 Å². The SMILES string of the molecule is CCCCOc1cc(OCCCC)c(CCC)cc1/C=C/C(=O)c1ccc(OCCC)cc1. The number of benzene rings is 2. The summed E-state index contributed by atoms with van der Waals surface area (Å²) in [5, 5.41) is 0. The molecule has 4 nitrogen and oxygen atoms in total. The number of aryl methyl sites for hydroxylation is 1. The average Bonchev–Trinajstić information content (AvgIpc) is 2.83. The van der Waals surface area contributed by atoms with E-state index in [4.69, 9.17) is 14.2 Å². The lowest BCUT2D eigenvalue weighted by atomic mass is 10.0. The van der Waals surface area contributed by atoms with E-state index in [9.17, 15) is 4.79 Å². The van der Waals surface area contributed by atoms with Gasteiger partial charge in [-0.1, -0.05) is 47.0 Å². The van der Waals surface area contributed by atoms with E-state index >= 15 is 0 Å². The third kappa shape index (κ3) is 8.95. The van der Waals surface area contributed by atoms with Gasteiger partial charge in [0.2, 0.25) is 0 Å². The number of hydrogen-bond donors (Lipinski definition) is 0. The summed E-state index contributed by atoms with van der Waals surface area (Å²) in [6, 6.07) is 11.4. The fourth-order valence-corrected chi connectivity index (χ4v) is 3.33. The second-order valence-corrected chi connectivity index (χ2v) is 8.22. The van der Waals surface area contributed by atoms with E-state index in [1.165, 1.54) is 0 Å². The van der Waals surface area contributed by atoms with Gasteiger partial charge < -0.3 is 14.2 Å². The Morgan fingerprint density at radius 1 is 0.758 bits per heavy atom. The van der Waals surface area contributed by atoms with Crippen molar-refractivity contribution in [2.24, 2.45) is 0 Å². The molecule has 180 valence electrons. The Bertz CT molecular complexity index is 868. The number of unbranched alkanes of at least 4 members (excludes halogenated alkanes) is 2. The third-order valence-corrected chi connectivity index (χ3v) is 5.25. The number of carbonyl (C=O) groups is 1. The first kappa shape index (κ1) is 26.5. The maximum absolute atomic E-state index is 12.8. The fourth-order valence-electron chi connectivity index (χ4n) is 3.33. The highest BCUT2D eigenvalue weighted by Gasteiger charge is 2.12. The van der Waals surface area contributed by atoms with Crippen LogP contribution in [0.3, 0.4) is 0 Å². The van der Waals surface area contributed by atoms with Crippen LogP contribution in [0.15, 0.2) is 42.5 Å². The number of ketones is 1. The molecule has 2 aromatic rings. The molecule has 0 aliphatic heterocycles. The number of rotatable bonds is 16. The van der Waals surface area contributed by atoms with Crippen molar-refractivity contribution in [3.8, 4) is 17.2 Å².